The summed E-state index contributed by atoms with van der Waals surface area (Å²) in [5, 5.41) is 15.4. The number of hydrogen-bond donors (Lipinski definition) is 2. The van der Waals surface area contributed by atoms with E-state index in [2.05, 4.69) is 10.3 Å². The summed E-state index contributed by atoms with van der Waals surface area (Å²) in [5.41, 5.74) is -0.580. The monoisotopic (exact) mass is 608 g/mol. The molecule has 45 heavy (non-hydrogen) atoms. The zero-order valence-electron chi connectivity index (χ0n) is 26.3. The van der Waals surface area contributed by atoms with E-state index in [4.69, 9.17) is 4.74 Å². The van der Waals surface area contributed by atoms with Gasteiger partial charge >= 0.3 is 0 Å². The quantitative estimate of drug-likeness (QED) is 0.344. The Balaban J connectivity index is 1.77. The van der Waals surface area contributed by atoms with Gasteiger partial charge in [-0.05, 0) is 49.4 Å². The van der Waals surface area contributed by atoms with Gasteiger partial charge in [-0.3, -0.25) is 19.3 Å². The number of carbonyl (C=O) groups excluding carboxylic acids is 3. The second-order valence-electron chi connectivity index (χ2n) is 12.5. The Morgan fingerprint density at radius 3 is 2.11 bits per heavy atom. The van der Waals surface area contributed by atoms with Crippen LogP contribution < -0.4 is 5.32 Å². The lowest BCUT2D eigenvalue weighted by Crippen LogP contribution is -2.70. The molecule has 3 amide bonds. The molecule has 0 bridgehead atoms. The van der Waals surface area contributed by atoms with Crippen molar-refractivity contribution in [3.05, 3.63) is 114 Å². The Hall–Kier alpha value is -4.76. The second kappa shape index (κ2) is 12.7. The van der Waals surface area contributed by atoms with Gasteiger partial charge in [0.15, 0.2) is 0 Å². The van der Waals surface area contributed by atoms with E-state index in [9.17, 15) is 19.5 Å². The Kier molecular flexibility index (Phi) is 8.93. The largest absolute Gasteiger partial charge is 0.475 e. The maximum atomic E-state index is 15.0. The molecule has 3 aromatic carbocycles. The summed E-state index contributed by atoms with van der Waals surface area (Å²) in [4.78, 5) is 49.4. The molecule has 0 saturated heterocycles. The van der Waals surface area contributed by atoms with E-state index < -0.39 is 35.2 Å². The van der Waals surface area contributed by atoms with Gasteiger partial charge in [0.1, 0.15) is 12.6 Å². The van der Waals surface area contributed by atoms with Gasteiger partial charge < -0.3 is 20.1 Å². The minimum atomic E-state index is -2.22. The molecule has 5 rings (SSSR count). The van der Waals surface area contributed by atoms with Crippen molar-refractivity contribution in [1.29, 1.82) is 0 Å². The van der Waals surface area contributed by atoms with Crippen molar-refractivity contribution < 1.29 is 24.2 Å². The summed E-state index contributed by atoms with van der Waals surface area (Å²) in [7, 11) is 0. The van der Waals surface area contributed by atoms with E-state index >= 15 is 0 Å². The van der Waals surface area contributed by atoms with Crippen molar-refractivity contribution in [2.75, 3.05) is 6.61 Å². The van der Waals surface area contributed by atoms with Crippen molar-refractivity contribution in [2.45, 2.75) is 64.4 Å². The molecule has 0 saturated carbocycles. The van der Waals surface area contributed by atoms with Crippen molar-refractivity contribution in [3.8, 4) is 0 Å². The number of hydrogen-bond acceptors (Lipinski definition) is 6. The predicted octanol–water partition coefficient (Wildman–Crippen LogP) is 4.64. The molecule has 2 heterocycles. The van der Waals surface area contributed by atoms with Crippen LogP contribution in [-0.2, 0) is 20.7 Å². The third kappa shape index (κ3) is 6.54. The second-order valence-corrected chi connectivity index (χ2v) is 12.5. The molecule has 2 unspecified atom stereocenters. The van der Waals surface area contributed by atoms with Crippen LogP contribution in [0.2, 0.25) is 0 Å². The number of benzene rings is 3. The molecule has 0 spiro atoms. The Morgan fingerprint density at radius 2 is 1.58 bits per heavy atom. The topological polar surface area (TPSA) is 112 Å². The standard InChI is InChI=1S/C36H40N4O5/c1-24(2)31-33(43)40(29(27-17-11-7-12-18-27)22-39(31)32(42)28-19-13-8-14-20-28)30(21-26-15-9-6-10-16-26)36(44,37-25(3)41)34-38-35(4,5)23-45-34/h6-20,22,24,30-31,44H,21,23H2,1-5H3,(H,37,41)/t30-,31?,36?/m0/s1. The maximum Gasteiger partial charge on any atom is 0.258 e. The smallest absolute Gasteiger partial charge is 0.258 e. The Morgan fingerprint density at radius 1 is 1.00 bits per heavy atom. The third-order valence-corrected chi connectivity index (χ3v) is 7.99. The highest BCUT2D eigenvalue weighted by Gasteiger charge is 2.55. The third-order valence-electron chi connectivity index (χ3n) is 7.99. The van der Waals surface area contributed by atoms with Gasteiger partial charge in [-0.15, -0.1) is 0 Å². The summed E-state index contributed by atoms with van der Waals surface area (Å²) < 4.78 is 5.97. The first-order valence-corrected chi connectivity index (χ1v) is 15.2. The molecule has 9 nitrogen and oxygen atoms in total. The molecule has 2 aliphatic rings. The Bertz CT molecular complexity index is 1600. The van der Waals surface area contributed by atoms with Crippen LogP contribution in [0.15, 0.2) is 102 Å². The summed E-state index contributed by atoms with van der Waals surface area (Å²) in [6.45, 7) is 8.98. The highest BCUT2D eigenvalue weighted by Crippen LogP contribution is 2.37. The maximum absolute atomic E-state index is 15.0. The lowest BCUT2D eigenvalue weighted by atomic mass is 9.88. The molecular formula is C36H40N4O5. The fourth-order valence-corrected chi connectivity index (χ4v) is 5.91. The molecule has 0 aromatic heterocycles. The van der Waals surface area contributed by atoms with Crippen molar-refractivity contribution in [1.82, 2.24) is 15.1 Å². The average molecular weight is 609 g/mol. The lowest BCUT2D eigenvalue weighted by Gasteiger charge is -2.48. The zero-order chi connectivity index (χ0) is 32.4. The lowest BCUT2D eigenvalue weighted by molar-refractivity contribution is -0.144. The molecule has 0 radical (unpaired) electrons. The van der Waals surface area contributed by atoms with Crippen LogP contribution in [0.5, 0.6) is 0 Å². The van der Waals surface area contributed by atoms with Crippen LogP contribution in [0.1, 0.15) is 56.1 Å². The number of rotatable bonds is 9. The van der Waals surface area contributed by atoms with Crippen LogP contribution in [-0.4, -0.2) is 68.5 Å². The molecule has 234 valence electrons. The first kappa shape index (κ1) is 31.7. The first-order valence-electron chi connectivity index (χ1n) is 15.2. The minimum absolute atomic E-state index is 0.0762. The Labute approximate surface area is 264 Å². The van der Waals surface area contributed by atoms with Gasteiger partial charge in [-0.25, -0.2) is 4.99 Å². The van der Waals surface area contributed by atoms with Crippen LogP contribution in [0.25, 0.3) is 5.70 Å². The SMILES string of the molecule is CC(=O)NC(O)(C1=NC(C)(C)CO1)[C@H](Cc1ccccc1)N1C(=O)C(C(C)C)N(C(=O)c2ccccc2)C=C1c1ccccc1. The highest BCUT2D eigenvalue weighted by atomic mass is 16.5. The zero-order valence-corrected chi connectivity index (χ0v) is 26.3. The van der Waals surface area contributed by atoms with Crippen LogP contribution >= 0.6 is 0 Å². The molecule has 0 aliphatic carbocycles. The van der Waals surface area contributed by atoms with Gasteiger partial charge in [-0.2, -0.15) is 0 Å². The van der Waals surface area contributed by atoms with Gasteiger partial charge in [0, 0.05) is 18.7 Å². The van der Waals surface area contributed by atoms with Crippen LogP contribution in [0.4, 0.5) is 0 Å². The number of aliphatic hydroxyl groups is 1. The summed E-state index contributed by atoms with van der Waals surface area (Å²) >= 11 is 0. The molecule has 3 aromatic rings. The van der Waals surface area contributed by atoms with Crippen molar-refractivity contribution in [3.63, 3.8) is 0 Å². The predicted molar refractivity (Wildman–Crippen MR) is 173 cm³/mol. The van der Waals surface area contributed by atoms with E-state index in [0.717, 1.165) is 5.56 Å². The van der Waals surface area contributed by atoms with E-state index in [-0.39, 0.29) is 30.8 Å². The minimum Gasteiger partial charge on any atom is -0.475 e. The van der Waals surface area contributed by atoms with Crippen LogP contribution in [0, 0.1) is 5.92 Å². The van der Waals surface area contributed by atoms with E-state index in [1.165, 1.54) is 16.7 Å². The van der Waals surface area contributed by atoms with E-state index in [1.807, 2.05) is 94.4 Å². The molecule has 2 aliphatic heterocycles. The molecular weight excluding hydrogens is 568 g/mol. The van der Waals surface area contributed by atoms with E-state index in [0.29, 0.717) is 16.8 Å². The number of amides is 3. The fourth-order valence-electron chi connectivity index (χ4n) is 5.91. The highest BCUT2D eigenvalue weighted by molar-refractivity contribution is 6.03. The number of nitrogens with one attached hydrogen (secondary N) is 1. The van der Waals surface area contributed by atoms with Crippen molar-refractivity contribution in [2.24, 2.45) is 10.9 Å². The summed E-state index contributed by atoms with van der Waals surface area (Å²) in [6.07, 6.45) is 1.82. The van der Waals surface area contributed by atoms with Crippen molar-refractivity contribution >= 4 is 29.3 Å². The first-order chi connectivity index (χ1) is 21.4. The number of ether oxygens (including phenoxy) is 1. The van der Waals surface area contributed by atoms with Gasteiger partial charge in [0.2, 0.25) is 17.5 Å². The fraction of sp³-hybridized carbons (Fsp3) is 0.333. The number of nitrogens with zero attached hydrogens (tertiary/aromatic N) is 3. The van der Waals surface area contributed by atoms with Gasteiger partial charge in [0.25, 0.3) is 11.8 Å². The molecule has 9 heteroatoms. The number of aliphatic imine (C=N–C) groups is 1. The molecule has 0 fully saturated rings. The van der Waals surface area contributed by atoms with E-state index in [1.54, 1.807) is 30.5 Å². The van der Waals surface area contributed by atoms with Gasteiger partial charge in [0.05, 0.1) is 17.3 Å². The summed E-state index contributed by atoms with van der Waals surface area (Å²) in [5.74, 6) is -1.63. The average Bonchev–Trinajstić information content (AvgIpc) is 3.40. The summed E-state index contributed by atoms with van der Waals surface area (Å²) in [6, 6.07) is 25.5. The molecule has 3 atom stereocenters. The van der Waals surface area contributed by atoms with Crippen LogP contribution in [0.3, 0.4) is 0 Å². The molecule has 2 N–H and O–H groups in total. The number of carbonyl (C=O) groups is 3. The normalized spacial score (nSPS) is 19.7. The van der Waals surface area contributed by atoms with Gasteiger partial charge in [-0.1, -0.05) is 92.7 Å².